The Kier molecular flexibility index (Phi) is 4.21. The molecule has 1 aliphatic rings. The summed E-state index contributed by atoms with van der Waals surface area (Å²) in [4.78, 5) is 8.36. The molecular weight excluding hydrogens is 206 g/mol. The third kappa shape index (κ3) is 3.52. The molecule has 1 unspecified atom stereocenters. The minimum atomic E-state index is 0.164. The van der Waals surface area contributed by atoms with E-state index in [1.54, 1.807) is 6.20 Å². The summed E-state index contributed by atoms with van der Waals surface area (Å²) in [5.74, 6) is 0.802. The van der Waals surface area contributed by atoms with Gasteiger partial charge in [-0.25, -0.2) is 9.97 Å². The average Bonchev–Trinajstić information content (AvgIpc) is 2.30. The summed E-state index contributed by atoms with van der Waals surface area (Å²) in [7, 11) is 0. The summed E-state index contributed by atoms with van der Waals surface area (Å²) < 4.78 is 10.8. The molecule has 1 saturated heterocycles. The summed E-state index contributed by atoms with van der Waals surface area (Å²) in [6.07, 6.45) is 1.94. The second-order valence-corrected chi connectivity index (χ2v) is 3.79. The third-order valence-electron chi connectivity index (χ3n) is 2.40. The average molecular weight is 223 g/mol. The van der Waals surface area contributed by atoms with Crippen LogP contribution in [0.25, 0.3) is 0 Å². The van der Waals surface area contributed by atoms with Crippen LogP contribution in [0.15, 0.2) is 12.3 Å². The summed E-state index contributed by atoms with van der Waals surface area (Å²) in [6, 6.07) is 1.91. The number of hydrogen-bond donors (Lipinski definition) is 1. The van der Waals surface area contributed by atoms with Crippen molar-refractivity contribution in [2.24, 2.45) is 0 Å². The van der Waals surface area contributed by atoms with Gasteiger partial charge in [0.15, 0.2) is 0 Å². The lowest BCUT2D eigenvalue weighted by Gasteiger charge is -2.23. The molecule has 88 valence electrons. The first-order valence-electron chi connectivity index (χ1n) is 5.53. The molecule has 1 N–H and O–H groups in total. The van der Waals surface area contributed by atoms with Gasteiger partial charge in [-0.15, -0.1) is 0 Å². The van der Waals surface area contributed by atoms with Crippen LogP contribution in [0.1, 0.15) is 11.5 Å². The molecule has 1 atom stereocenters. The number of nitrogens with one attached hydrogen (secondary N) is 1. The van der Waals surface area contributed by atoms with Gasteiger partial charge in [0.25, 0.3) is 0 Å². The van der Waals surface area contributed by atoms with E-state index in [-0.39, 0.29) is 6.10 Å². The lowest BCUT2D eigenvalue weighted by Crippen LogP contribution is -2.37. The van der Waals surface area contributed by atoms with E-state index >= 15 is 0 Å². The molecule has 5 heteroatoms. The summed E-state index contributed by atoms with van der Waals surface area (Å²) in [5, 5.41) is 3.30. The van der Waals surface area contributed by atoms with E-state index in [1.807, 2.05) is 13.0 Å². The van der Waals surface area contributed by atoms with E-state index in [0.29, 0.717) is 19.8 Å². The molecule has 16 heavy (non-hydrogen) atoms. The van der Waals surface area contributed by atoms with Crippen LogP contribution in [-0.2, 0) is 16.0 Å². The molecule has 1 aromatic heterocycles. The second kappa shape index (κ2) is 5.89. The maximum Gasteiger partial charge on any atom is 0.125 e. The molecule has 2 rings (SSSR count). The Balaban J connectivity index is 1.71. The predicted octanol–water partition coefficient (Wildman–Crippen LogP) is 0.290. The smallest absolute Gasteiger partial charge is 0.125 e. The van der Waals surface area contributed by atoms with Crippen LogP contribution < -0.4 is 5.32 Å². The van der Waals surface area contributed by atoms with Crippen molar-refractivity contribution in [2.45, 2.75) is 19.6 Å². The molecule has 0 aliphatic carbocycles. The van der Waals surface area contributed by atoms with Crippen LogP contribution in [0, 0.1) is 6.92 Å². The van der Waals surface area contributed by atoms with Crippen molar-refractivity contribution < 1.29 is 9.47 Å². The molecule has 1 aliphatic heterocycles. The maximum atomic E-state index is 5.52. The highest BCUT2D eigenvalue weighted by atomic mass is 16.6. The SMILES string of the molecule is Cc1nccc(CNCC2COCCO2)n1. The van der Waals surface area contributed by atoms with Gasteiger partial charge >= 0.3 is 0 Å². The molecule has 0 radical (unpaired) electrons. The Labute approximate surface area is 95.2 Å². The van der Waals surface area contributed by atoms with E-state index in [4.69, 9.17) is 9.47 Å². The van der Waals surface area contributed by atoms with Crippen molar-refractivity contribution in [3.63, 3.8) is 0 Å². The summed E-state index contributed by atoms with van der Waals surface area (Å²) >= 11 is 0. The van der Waals surface area contributed by atoms with Crippen molar-refractivity contribution in [3.8, 4) is 0 Å². The Morgan fingerprint density at radius 2 is 2.44 bits per heavy atom. The fraction of sp³-hybridized carbons (Fsp3) is 0.636. The first-order valence-corrected chi connectivity index (χ1v) is 5.53. The van der Waals surface area contributed by atoms with E-state index in [1.165, 1.54) is 0 Å². The van der Waals surface area contributed by atoms with Gasteiger partial charge < -0.3 is 14.8 Å². The number of ether oxygens (including phenoxy) is 2. The van der Waals surface area contributed by atoms with E-state index < -0.39 is 0 Å². The van der Waals surface area contributed by atoms with E-state index in [2.05, 4.69) is 15.3 Å². The highest BCUT2D eigenvalue weighted by Crippen LogP contribution is 2.00. The Hall–Kier alpha value is -1.04. The topological polar surface area (TPSA) is 56.3 Å². The second-order valence-electron chi connectivity index (χ2n) is 3.79. The van der Waals surface area contributed by atoms with Crippen LogP contribution in [0.2, 0.25) is 0 Å². The standard InChI is InChI=1S/C11H17N3O2/c1-9-13-3-2-10(14-9)6-12-7-11-8-15-4-5-16-11/h2-3,11-12H,4-8H2,1H3. The van der Waals surface area contributed by atoms with Crippen molar-refractivity contribution in [2.75, 3.05) is 26.4 Å². The quantitative estimate of drug-likeness (QED) is 0.795. The molecule has 2 heterocycles. The highest BCUT2D eigenvalue weighted by molar-refractivity contribution is 5.00. The zero-order chi connectivity index (χ0) is 11.2. The van der Waals surface area contributed by atoms with Crippen LogP contribution in [-0.4, -0.2) is 42.4 Å². The van der Waals surface area contributed by atoms with Gasteiger partial charge in [0.2, 0.25) is 0 Å². The zero-order valence-electron chi connectivity index (χ0n) is 9.48. The van der Waals surface area contributed by atoms with Gasteiger partial charge in [-0.2, -0.15) is 0 Å². The number of hydrogen-bond acceptors (Lipinski definition) is 5. The highest BCUT2D eigenvalue weighted by Gasteiger charge is 2.13. The Morgan fingerprint density at radius 1 is 1.50 bits per heavy atom. The molecular formula is C11H17N3O2. The van der Waals surface area contributed by atoms with Gasteiger partial charge in [0.05, 0.1) is 31.6 Å². The monoisotopic (exact) mass is 223 g/mol. The zero-order valence-corrected chi connectivity index (χ0v) is 9.48. The number of aryl methyl sites for hydroxylation is 1. The number of rotatable bonds is 4. The van der Waals surface area contributed by atoms with Gasteiger partial charge in [0.1, 0.15) is 5.82 Å². The van der Waals surface area contributed by atoms with Crippen molar-refractivity contribution in [1.82, 2.24) is 15.3 Å². The largest absolute Gasteiger partial charge is 0.376 e. The van der Waals surface area contributed by atoms with Crippen LogP contribution in [0.4, 0.5) is 0 Å². The summed E-state index contributed by atoms with van der Waals surface area (Å²) in [6.45, 7) is 5.50. The number of aromatic nitrogens is 2. The normalized spacial score (nSPS) is 20.9. The summed E-state index contributed by atoms with van der Waals surface area (Å²) in [5.41, 5.74) is 1.00. The minimum Gasteiger partial charge on any atom is -0.376 e. The lowest BCUT2D eigenvalue weighted by molar-refractivity contribution is -0.0864. The van der Waals surface area contributed by atoms with E-state index in [9.17, 15) is 0 Å². The van der Waals surface area contributed by atoms with Crippen molar-refractivity contribution in [1.29, 1.82) is 0 Å². The fourth-order valence-corrected chi connectivity index (χ4v) is 1.62. The first-order chi connectivity index (χ1) is 7.84. The molecule has 1 fully saturated rings. The first kappa shape index (κ1) is 11.4. The molecule has 1 aromatic rings. The Morgan fingerprint density at radius 3 is 3.19 bits per heavy atom. The molecule has 5 nitrogen and oxygen atoms in total. The lowest BCUT2D eigenvalue weighted by atomic mass is 10.3. The third-order valence-corrected chi connectivity index (χ3v) is 2.40. The fourth-order valence-electron chi connectivity index (χ4n) is 1.62. The molecule has 0 saturated carbocycles. The predicted molar refractivity (Wildman–Crippen MR) is 59.0 cm³/mol. The van der Waals surface area contributed by atoms with Gasteiger partial charge in [-0.1, -0.05) is 0 Å². The number of nitrogens with zero attached hydrogens (tertiary/aromatic N) is 2. The van der Waals surface area contributed by atoms with Gasteiger partial charge in [-0.3, -0.25) is 0 Å². The van der Waals surface area contributed by atoms with Crippen molar-refractivity contribution >= 4 is 0 Å². The van der Waals surface area contributed by atoms with Gasteiger partial charge in [0, 0.05) is 19.3 Å². The Bertz CT molecular complexity index is 327. The molecule has 0 aromatic carbocycles. The maximum absolute atomic E-state index is 5.52. The molecule has 0 amide bonds. The van der Waals surface area contributed by atoms with Crippen molar-refractivity contribution in [3.05, 3.63) is 23.8 Å². The van der Waals surface area contributed by atoms with Gasteiger partial charge in [-0.05, 0) is 13.0 Å². The van der Waals surface area contributed by atoms with Crippen LogP contribution >= 0.6 is 0 Å². The minimum absolute atomic E-state index is 0.164. The van der Waals surface area contributed by atoms with Crippen LogP contribution in [0.5, 0.6) is 0 Å². The van der Waals surface area contributed by atoms with Crippen LogP contribution in [0.3, 0.4) is 0 Å². The molecule has 0 spiro atoms. The van der Waals surface area contributed by atoms with E-state index in [0.717, 1.165) is 24.6 Å². The molecule has 0 bridgehead atoms.